The van der Waals surface area contributed by atoms with E-state index in [4.69, 9.17) is 0 Å². The lowest BCUT2D eigenvalue weighted by atomic mass is 9.98. The van der Waals surface area contributed by atoms with Crippen molar-refractivity contribution in [1.82, 2.24) is 4.72 Å². The van der Waals surface area contributed by atoms with E-state index in [1.807, 2.05) is 36.4 Å². The molecule has 0 saturated heterocycles. The van der Waals surface area contributed by atoms with Crippen LogP contribution in [0.1, 0.15) is 35.1 Å². The molecule has 170 valence electrons. The van der Waals surface area contributed by atoms with Gasteiger partial charge in [-0.3, -0.25) is 19.6 Å². The number of aryl methyl sites for hydroxylation is 2. The first-order valence-corrected chi connectivity index (χ1v) is 12.0. The maximum Gasteiger partial charge on any atom is 0.269 e. The average molecular weight is 462 g/mol. The molecule has 3 aromatic rings. The minimum atomic E-state index is -0.425. The van der Waals surface area contributed by atoms with Gasteiger partial charge >= 0.3 is 0 Å². The van der Waals surface area contributed by atoms with E-state index in [0.29, 0.717) is 0 Å². The Morgan fingerprint density at radius 1 is 0.879 bits per heavy atom. The molecule has 5 rings (SSSR count). The Hall–Kier alpha value is -3.16. The fourth-order valence-corrected chi connectivity index (χ4v) is 5.00. The van der Waals surface area contributed by atoms with Crippen LogP contribution in [0.2, 0.25) is 0 Å². The molecule has 2 aliphatic rings. The van der Waals surface area contributed by atoms with Gasteiger partial charge in [-0.1, -0.05) is 42.5 Å². The number of nitrogens with one attached hydrogen (secondary N) is 2. The Kier molecular flexibility index (Phi) is 7.75. The summed E-state index contributed by atoms with van der Waals surface area (Å²) in [4.78, 5) is 23.6. The largest absolute Gasteiger partial charge is 0.324 e. The molecule has 0 heterocycles. The number of rotatable bonds is 6. The van der Waals surface area contributed by atoms with E-state index in [0.717, 1.165) is 49.1 Å². The molecule has 2 aliphatic carbocycles. The first kappa shape index (κ1) is 23.0. The van der Waals surface area contributed by atoms with Gasteiger partial charge in [0.05, 0.1) is 11.5 Å². The molecule has 6 nitrogen and oxygen atoms in total. The smallest absolute Gasteiger partial charge is 0.269 e. The number of amides is 1. The van der Waals surface area contributed by atoms with Crippen LogP contribution in [0.5, 0.6) is 0 Å². The van der Waals surface area contributed by atoms with E-state index in [9.17, 15) is 14.9 Å². The minimum absolute atomic E-state index is 0.0567. The van der Waals surface area contributed by atoms with Gasteiger partial charge in [-0.05, 0) is 84.9 Å². The second kappa shape index (κ2) is 11.1. The van der Waals surface area contributed by atoms with Crippen LogP contribution >= 0.6 is 11.9 Å². The molecular formula is C26H27N3O3S. The maximum atomic E-state index is 12.5. The molecular weight excluding hydrogens is 434 g/mol. The van der Waals surface area contributed by atoms with Crippen molar-refractivity contribution in [2.24, 2.45) is 0 Å². The van der Waals surface area contributed by atoms with Crippen LogP contribution in [-0.4, -0.2) is 17.4 Å². The molecule has 0 saturated carbocycles. The molecule has 0 fully saturated rings. The number of non-ortho nitro benzene ring substituents is 1. The molecule has 0 aromatic heterocycles. The summed E-state index contributed by atoms with van der Waals surface area (Å²) in [7, 11) is 0. The number of carbonyl (C=O) groups is 1. The van der Waals surface area contributed by atoms with E-state index in [1.54, 1.807) is 12.1 Å². The van der Waals surface area contributed by atoms with Crippen LogP contribution in [0.25, 0.3) is 0 Å². The van der Waals surface area contributed by atoms with Gasteiger partial charge in [-0.15, -0.1) is 0 Å². The van der Waals surface area contributed by atoms with Crippen molar-refractivity contribution in [2.45, 2.75) is 43.4 Å². The lowest BCUT2D eigenvalue weighted by Gasteiger charge is -2.16. The van der Waals surface area contributed by atoms with Gasteiger partial charge in [-0.2, -0.15) is 0 Å². The van der Waals surface area contributed by atoms with Gasteiger partial charge in [0.2, 0.25) is 5.91 Å². The third kappa shape index (κ3) is 6.00. The lowest BCUT2D eigenvalue weighted by Crippen LogP contribution is -2.25. The van der Waals surface area contributed by atoms with Crippen molar-refractivity contribution in [3.63, 3.8) is 0 Å². The Morgan fingerprint density at radius 3 is 1.94 bits per heavy atom. The fraction of sp³-hybridized carbons (Fsp3) is 0.269. The predicted octanol–water partition coefficient (Wildman–Crippen LogP) is 5.49. The van der Waals surface area contributed by atoms with Crippen molar-refractivity contribution in [3.8, 4) is 0 Å². The van der Waals surface area contributed by atoms with Crippen molar-refractivity contribution in [3.05, 3.63) is 99.1 Å². The van der Waals surface area contributed by atoms with Gasteiger partial charge in [0.15, 0.2) is 0 Å². The summed E-state index contributed by atoms with van der Waals surface area (Å²) < 4.78 is 3.04. The number of nitro benzene ring substituents is 1. The summed E-state index contributed by atoms with van der Waals surface area (Å²) in [5, 5.41) is 13.8. The highest BCUT2D eigenvalue weighted by atomic mass is 32.2. The molecule has 0 aliphatic heterocycles. The third-order valence-electron chi connectivity index (χ3n) is 5.87. The van der Waals surface area contributed by atoms with E-state index in [2.05, 4.69) is 16.1 Å². The Bertz CT molecular complexity index is 1060. The standard InChI is InChI=1S/C20H21N3O3S.C6H6/c24-19(12-21-27-16-9-7-15(8-10-16)23(25)26)22-20-17-5-1-3-13(17)11-14-4-2-6-18(14)20;1-2-4-6-5-3-1/h7-11,21H,1-6,12H2,(H,22,24);1-6H. The van der Waals surface area contributed by atoms with E-state index >= 15 is 0 Å². The molecule has 33 heavy (non-hydrogen) atoms. The highest BCUT2D eigenvalue weighted by molar-refractivity contribution is 7.97. The molecule has 0 bridgehead atoms. The van der Waals surface area contributed by atoms with Crippen LogP contribution < -0.4 is 10.0 Å². The SMILES string of the molecule is O=C(CNSc1ccc([N+](=O)[O-])cc1)Nc1c2c(cc3c1CCC3)CCC2.c1ccccc1. The van der Waals surface area contributed by atoms with Gasteiger partial charge in [0.1, 0.15) is 0 Å². The normalized spacial score (nSPS) is 13.5. The summed E-state index contributed by atoms with van der Waals surface area (Å²) in [5.74, 6) is -0.0567. The Balaban J connectivity index is 0.000000376. The fourth-order valence-electron chi connectivity index (χ4n) is 4.36. The number of benzene rings is 3. The van der Waals surface area contributed by atoms with Crippen LogP contribution in [0.4, 0.5) is 11.4 Å². The summed E-state index contributed by atoms with van der Waals surface area (Å²) in [6.45, 7) is 0.181. The van der Waals surface area contributed by atoms with Crippen LogP contribution in [0.3, 0.4) is 0 Å². The van der Waals surface area contributed by atoms with Gasteiger partial charge in [-0.25, -0.2) is 0 Å². The number of nitrogens with zero attached hydrogens (tertiary/aromatic N) is 1. The second-order valence-corrected chi connectivity index (χ2v) is 9.08. The first-order valence-electron chi connectivity index (χ1n) is 11.2. The van der Waals surface area contributed by atoms with Crippen molar-refractivity contribution in [1.29, 1.82) is 0 Å². The van der Waals surface area contributed by atoms with Crippen molar-refractivity contribution in [2.75, 3.05) is 11.9 Å². The molecule has 7 heteroatoms. The highest BCUT2D eigenvalue weighted by Crippen LogP contribution is 2.38. The molecule has 0 unspecified atom stereocenters. The zero-order valence-corrected chi connectivity index (χ0v) is 19.2. The molecule has 2 N–H and O–H groups in total. The van der Waals surface area contributed by atoms with E-state index in [-0.39, 0.29) is 18.1 Å². The monoisotopic (exact) mass is 461 g/mol. The number of fused-ring (bicyclic) bond motifs is 2. The van der Waals surface area contributed by atoms with Gasteiger partial charge in [0, 0.05) is 22.7 Å². The lowest BCUT2D eigenvalue weighted by molar-refractivity contribution is -0.384. The van der Waals surface area contributed by atoms with Crippen LogP contribution in [0, 0.1) is 10.1 Å². The Morgan fingerprint density at radius 2 is 1.42 bits per heavy atom. The summed E-state index contributed by atoms with van der Waals surface area (Å²) in [6, 6.07) is 20.6. The minimum Gasteiger partial charge on any atom is -0.324 e. The molecule has 3 aromatic carbocycles. The molecule has 0 atom stereocenters. The topological polar surface area (TPSA) is 84.3 Å². The summed E-state index contributed by atoms with van der Waals surface area (Å²) >= 11 is 1.30. The zero-order valence-electron chi connectivity index (χ0n) is 18.4. The predicted molar refractivity (Wildman–Crippen MR) is 133 cm³/mol. The number of hydrogen-bond acceptors (Lipinski definition) is 5. The quantitative estimate of drug-likeness (QED) is 0.288. The molecule has 0 spiro atoms. The third-order valence-corrected chi connectivity index (χ3v) is 6.67. The highest BCUT2D eigenvalue weighted by Gasteiger charge is 2.24. The number of carbonyl (C=O) groups excluding carboxylic acids is 1. The van der Waals surface area contributed by atoms with Crippen molar-refractivity contribution >= 4 is 29.2 Å². The van der Waals surface area contributed by atoms with E-state index in [1.165, 1.54) is 46.3 Å². The van der Waals surface area contributed by atoms with Crippen LogP contribution in [-0.2, 0) is 30.5 Å². The zero-order chi connectivity index (χ0) is 23.0. The first-order chi connectivity index (χ1) is 16.1. The summed E-state index contributed by atoms with van der Waals surface area (Å²) in [6.07, 6.45) is 6.64. The number of nitro groups is 1. The maximum absolute atomic E-state index is 12.5. The number of hydrogen-bond donors (Lipinski definition) is 2. The van der Waals surface area contributed by atoms with Gasteiger partial charge < -0.3 is 5.32 Å². The second-order valence-electron chi connectivity index (χ2n) is 8.11. The van der Waals surface area contributed by atoms with Crippen LogP contribution in [0.15, 0.2) is 71.6 Å². The van der Waals surface area contributed by atoms with Crippen molar-refractivity contribution < 1.29 is 9.72 Å². The Labute approximate surface area is 198 Å². The summed E-state index contributed by atoms with van der Waals surface area (Å²) in [5.41, 5.74) is 6.57. The molecule has 1 amide bonds. The van der Waals surface area contributed by atoms with Gasteiger partial charge in [0.25, 0.3) is 5.69 Å². The van der Waals surface area contributed by atoms with E-state index < -0.39 is 4.92 Å². The average Bonchev–Trinajstić information content (AvgIpc) is 3.50. The molecule has 0 radical (unpaired) electrons. The number of anilines is 1.